The summed E-state index contributed by atoms with van der Waals surface area (Å²) in [6.45, 7) is 0.912. The number of benzene rings is 3. The minimum absolute atomic E-state index is 0.0121. The molecule has 2 atom stereocenters. The number of nitrogen functional groups attached to an aromatic ring is 1. The average molecular weight is 546 g/mol. The van der Waals surface area contributed by atoms with Gasteiger partial charge in [0.05, 0.1) is 17.5 Å². The van der Waals surface area contributed by atoms with Crippen LogP contribution in [0.1, 0.15) is 44.6 Å². The van der Waals surface area contributed by atoms with E-state index >= 15 is 0 Å². The number of aromatic nitrogens is 1. The van der Waals surface area contributed by atoms with Crippen molar-refractivity contribution in [2.45, 2.75) is 25.0 Å². The van der Waals surface area contributed by atoms with Crippen molar-refractivity contribution in [1.82, 2.24) is 9.69 Å². The van der Waals surface area contributed by atoms with Gasteiger partial charge >= 0.3 is 0 Å². The number of hydrogen-bond donors (Lipinski definition) is 4. The molecule has 0 saturated carbocycles. The smallest absolute Gasteiger partial charge is 0.273 e. The summed E-state index contributed by atoms with van der Waals surface area (Å²) in [5.41, 5.74) is 12.1. The van der Waals surface area contributed by atoms with E-state index in [0.717, 1.165) is 35.1 Å². The van der Waals surface area contributed by atoms with Gasteiger partial charge in [0.25, 0.3) is 11.8 Å². The molecule has 10 nitrogen and oxygen atoms in total. The lowest BCUT2D eigenvalue weighted by Crippen LogP contribution is -2.45. The highest BCUT2D eigenvalue weighted by molar-refractivity contribution is 7.09. The molecule has 0 spiro atoms. The summed E-state index contributed by atoms with van der Waals surface area (Å²) in [6.07, 6.45) is 1.62. The Hall–Kier alpha value is -4.48. The Balaban J connectivity index is 1.67. The number of aromatic hydroxyl groups is 1. The fourth-order valence-electron chi connectivity index (χ4n) is 4.71. The molecule has 0 radical (unpaired) electrons. The van der Waals surface area contributed by atoms with Gasteiger partial charge in [-0.3, -0.25) is 19.3 Å². The molecular weight excluding hydrogens is 518 g/mol. The first kappa shape index (κ1) is 26.1. The topological polar surface area (TPSA) is 161 Å². The number of rotatable bonds is 8. The molecular formula is C28H27N5O5S. The van der Waals surface area contributed by atoms with E-state index in [2.05, 4.69) is 9.69 Å². The van der Waals surface area contributed by atoms with Crippen LogP contribution in [0.4, 0.5) is 11.4 Å². The van der Waals surface area contributed by atoms with E-state index in [1.807, 2.05) is 30.3 Å². The lowest BCUT2D eigenvalue weighted by atomic mass is 10.00. The molecule has 0 bridgehead atoms. The summed E-state index contributed by atoms with van der Waals surface area (Å²) in [5.74, 6) is -1.92. The Labute approximate surface area is 228 Å². The van der Waals surface area contributed by atoms with Gasteiger partial charge in [0.1, 0.15) is 16.7 Å². The molecule has 200 valence electrons. The molecule has 1 aromatic heterocycles. The standard InChI is InChI=1S/C28H27N5O5S/c29-22-23(26(30)35)32-39-25(22)28(37)33(21-9-3-6-16-5-1-2-8-20(16)21)24(17-10-12-18(34)13-11-17)27(36)31-15-19-7-4-14-38-19/h1-3,5-6,8-13,19,24,34H,4,7,14-15,29H2,(H2,30,35)(H,31,36). The Morgan fingerprint density at radius 2 is 1.85 bits per heavy atom. The summed E-state index contributed by atoms with van der Waals surface area (Å²) in [6, 6.07) is 17.8. The molecule has 1 saturated heterocycles. The summed E-state index contributed by atoms with van der Waals surface area (Å²) >= 11 is 0.743. The van der Waals surface area contributed by atoms with Gasteiger partial charge in [-0.15, -0.1) is 0 Å². The number of primary amides is 1. The van der Waals surface area contributed by atoms with Crippen molar-refractivity contribution < 1.29 is 24.2 Å². The first-order valence-electron chi connectivity index (χ1n) is 12.4. The molecule has 1 fully saturated rings. The largest absolute Gasteiger partial charge is 0.508 e. The van der Waals surface area contributed by atoms with Crippen molar-refractivity contribution in [2.24, 2.45) is 5.73 Å². The number of fused-ring (bicyclic) bond motifs is 1. The van der Waals surface area contributed by atoms with Gasteiger partial charge in [-0.1, -0.05) is 48.5 Å². The van der Waals surface area contributed by atoms with Gasteiger partial charge in [0.15, 0.2) is 5.69 Å². The predicted octanol–water partition coefficient (Wildman–Crippen LogP) is 3.37. The van der Waals surface area contributed by atoms with Crippen LogP contribution in [-0.2, 0) is 9.53 Å². The Kier molecular flexibility index (Phi) is 7.44. The summed E-state index contributed by atoms with van der Waals surface area (Å²) in [4.78, 5) is 41.4. The highest BCUT2D eigenvalue weighted by atomic mass is 32.1. The van der Waals surface area contributed by atoms with Gasteiger partial charge in [0, 0.05) is 18.5 Å². The highest BCUT2D eigenvalue weighted by Crippen LogP contribution is 2.37. The minimum Gasteiger partial charge on any atom is -0.508 e. The van der Waals surface area contributed by atoms with Crippen molar-refractivity contribution in [3.8, 4) is 5.75 Å². The Bertz CT molecular complexity index is 1530. The van der Waals surface area contributed by atoms with E-state index in [9.17, 15) is 19.5 Å². The SMILES string of the molecule is NC(=O)c1nsc(C(=O)N(c2cccc3ccccc23)C(C(=O)NCC2CCCO2)c2ccc(O)cc2)c1N. The molecule has 1 aliphatic rings. The maximum atomic E-state index is 14.3. The second-order valence-corrected chi connectivity index (χ2v) is 9.96. The fourth-order valence-corrected chi connectivity index (χ4v) is 5.46. The molecule has 3 amide bonds. The molecule has 2 heterocycles. The van der Waals surface area contributed by atoms with E-state index < -0.39 is 23.8 Å². The van der Waals surface area contributed by atoms with Gasteiger partial charge in [-0.25, -0.2) is 0 Å². The normalized spacial score (nSPS) is 15.6. The molecule has 6 N–H and O–H groups in total. The molecule has 5 rings (SSSR count). The summed E-state index contributed by atoms with van der Waals surface area (Å²) < 4.78 is 9.67. The lowest BCUT2D eigenvalue weighted by molar-refractivity contribution is -0.123. The summed E-state index contributed by atoms with van der Waals surface area (Å²) in [7, 11) is 0. The van der Waals surface area contributed by atoms with Crippen molar-refractivity contribution in [1.29, 1.82) is 0 Å². The van der Waals surface area contributed by atoms with Crippen LogP contribution in [-0.4, -0.2) is 46.5 Å². The third-order valence-electron chi connectivity index (χ3n) is 6.64. The van der Waals surface area contributed by atoms with E-state index in [4.69, 9.17) is 16.2 Å². The predicted molar refractivity (Wildman–Crippen MR) is 149 cm³/mol. The molecule has 1 aliphatic heterocycles. The van der Waals surface area contributed by atoms with Gasteiger partial charge in [0.2, 0.25) is 5.91 Å². The van der Waals surface area contributed by atoms with Crippen LogP contribution in [0.15, 0.2) is 66.7 Å². The van der Waals surface area contributed by atoms with Crippen LogP contribution in [0.5, 0.6) is 5.75 Å². The number of phenols is 1. The Morgan fingerprint density at radius 1 is 1.10 bits per heavy atom. The summed E-state index contributed by atoms with van der Waals surface area (Å²) in [5, 5.41) is 14.5. The molecule has 3 aromatic carbocycles. The molecule has 39 heavy (non-hydrogen) atoms. The van der Waals surface area contributed by atoms with Gasteiger partial charge < -0.3 is 26.6 Å². The number of anilines is 2. The highest BCUT2D eigenvalue weighted by Gasteiger charge is 2.37. The quantitative estimate of drug-likeness (QED) is 0.264. The zero-order chi connectivity index (χ0) is 27.5. The number of carbonyl (C=O) groups is 3. The number of hydrogen-bond acceptors (Lipinski definition) is 8. The zero-order valence-electron chi connectivity index (χ0n) is 20.9. The van der Waals surface area contributed by atoms with Crippen molar-refractivity contribution >= 4 is 51.4 Å². The fraction of sp³-hybridized carbons (Fsp3) is 0.214. The van der Waals surface area contributed by atoms with E-state index in [-0.39, 0.29) is 34.7 Å². The minimum atomic E-state index is -1.16. The van der Waals surface area contributed by atoms with Crippen LogP contribution in [0.25, 0.3) is 10.8 Å². The Morgan fingerprint density at radius 3 is 2.54 bits per heavy atom. The average Bonchev–Trinajstić information content (AvgIpc) is 3.60. The number of amides is 3. The first-order valence-corrected chi connectivity index (χ1v) is 13.2. The maximum absolute atomic E-state index is 14.3. The zero-order valence-corrected chi connectivity index (χ0v) is 21.7. The number of nitrogens with zero attached hydrogens (tertiary/aromatic N) is 2. The number of carbonyl (C=O) groups excluding carboxylic acids is 3. The van der Waals surface area contributed by atoms with Crippen LogP contribution < -0.4 is 21.7 Å². The maximum Gasteiger partial charge on any atom is 0.273 e. The number of ether oxygens (including phenoxy) is 1. The van der Waals surface area contributed by atoms with Crippen LogP contribution in [0.2, 0.25) is 0 Å². The van der Waals surface area contributed by atoms with Gasteiger partial charge in [-0.05, 0) is 53.5 Å². The third-order valence-corrected chi connectivity index (χ3v) is 7.49. The molecule has 11 heteroatoms. The monoisotopic (exact) mass is 545 g/mol. The first-order chi connectivity index (χ1) is 18.8. The second kappa shape index (κ2) is 11.1. The molecule has 0 aliphatic carbocycles. The van der Waals surface area contributed by atoms with Crippen molar-refractivity contribution in [2.75, 3.05) is 23.8 Å². The molecule has 2 unspecified atom stereocenters. The number of phenolic OH excluding ortho intramolecular Hbond substituents is 1. The third kappa shape index (κ3) is 5.27. The van der Waals surface area contributed by atoms with Crippen molar-refractivity contribution in [3.63, 3.8) is 0 Å². The number of nitrogens with one attached hydrogen (secondary N) is 1. The lowest BCUT2D eigenvalue weighted by Gasteiger charge is -2.32. The van der Waals surface area contributed by atoms with Crippen LogP contribution in [0, 0.1) is 0 Å². The molecule has 4 aromatic rings. The van der Waals surface area contributed by atoms with Crippen LogP contribution in [0.3, 0.4) is 0 Å². The van der Waals surface area contributed by atoms with E-state index in [0.29, 0.717) is 17.9 Å². The van der Waals surface area contributed by atoms with E-state index in [1.165, 1.54) is 17.0 Å². The number of nitrogens with two attached hydrogens (primary N) is 2. The second-order valence-electron chi connectivity index (χ2n) is 9.19. The van der Waals surface area contributed by atoms with E-state index in [1.54, 1.807) is 24.3 Å². The van der Waals surface area contributed by atoms with Crippen molar-refractivity contribution in [3.05, 3.63) is 82.9 Å². The van der Waals surface area contributed by atoms with Crippen LogP contribution >= 0.6 is 11.5 Å². The van der Waals surface area contributed by atoms with Gasteiger partial charge in [-0.2, -0.15) is 4.37 Å².